The van der Waals surface area contributed by atoms with E-state index in [0.29, 0.717) is 0 Å². The van der Waals surface area contributed by atoms with Crippen LogP contribution in [0.25, 0.3) is 0 Å². The number of likely N-dealkylation sites (N-methyl/N-ethyl adjacent to an activating group) is 1. The number of hydrogen-bond donors (Lipinski definition) is 1. The highest BCUT2D eigenvalue weighted by molar-refractivity contribution is 4.72. The molecule has 0 radical (unpaired) electrons. The second-order valence-corrected chi connectivity index (χ2v) is 2.90. The van der Waals surface area contributed by atoms with E-state index >= 15 is 0 Å². The van der Waals surface area contributed by atoms with Gasteiger partial charge in [0.2, 0.25) is 0 Å². The van der Waals surface area contributed by atoms with Crippen LogP contribution in [-0.4, -0.2) is 44.3 Å². The zero-order valence-electron chi connectivity index (χ0n) is 6.44. The van der Waals surface area contributed by atoms with Crippen molar-refractivity contribution in [2.24, 2.45) is 0 Å². The van der Waals surface area contributed by atoms with E-state index < -0.39 is 0 Å². The first kappa shape index (κ1) is 7.95. The molecule has 2 nitrogen and oxygen atoms in total. The van der Waals surface area contributed by atoms with Crippen LogP contribution < -0.4 is 5.32 Å². The van der Waals surface area contributed by atoms with Crippen molar-refractivity contribution in [2.45, 2.75) is 12.5 Å². The van der Waals surface area contributed by atoms with Crippen LogP contribution in [0.4, 0.5) is 4.39 Å². The van der Waals surface area contributed by atoms with E-state index in [0.717, 1.165) is 26.1 Å². The lowest BCUT2D eigenvalue weighted by molar-refractivity contribution is 0.341. The molecule has 0 spiro atoms. The minimum Gasteiger partial charge on any atom is -0.310 e. The van der Waals surface area contributed by atoms with Crippen LogP contribution in [0, 0.1) is 0 Å². The molecule has 0 amide bonds. The van der Waals surface area contributed by atoms with E-state index in [-0.39, 0.29) is 12.7 Å². The molecule has 1 aliphatic rings. The van der Waals surface area contributed by atoms with Gasteiger partial charge in [-0.1, -0.05) is 0 Å². The molecule has 1 fully saturated rings. The summed E-state index contributed by atoms with van der Waals surface area (Å²) >= 11 is 0. The van der Waals surface area contributed by atoms with Gasteiger partial charge in [-0.3, -0.25) is 0 Å². The Bertz CT molecular complexity index is 97.6. The fourth-order valence-corrected chi connectivity index (χ4v) is 1.18. The highest BCUT2D eigenvalue weighted by Crippen LogP contribution is 1.99. The largest absolute Gasteiger partial charge is 0.310 e. The van der Waals surface area contributed by atoms with Crippen LogP contribution in [0.5, 0.6) is 0 Å². The average molecular weight is 146 g/mol. The monoisotopic (exact) mass is 146 g/mol. The molecule has 1 atom stereocenters. The predicted octanol–water partition coefficient (Wildman–Crippen LogP) is 0.250. The molecule has 1 unspecified atom stereocenters. The van der Waals surface area contributed by atoms with Crippen molar-refractivity contribution in [3.05, 3.63) is 0 Å². The SMILES string of the molecule is CN1CCNC(CF)CC1. The Kier molecular flexibility index (Phi) is 3.09. The Morgan fingerprint density at radius 2 is 2.40 bits per heavy atom. The number of alkyl halides is 1. The summed E-state index contributed by atoms with van der Waals surface area (Å²) in [5.41, 5.74) is 0. The lowest BCUT2D eigenvalue weighted by Crippen LogP contribution is -2.31. The topological polar surface area (TPSA) is 15.3 Å². The number of nitrogens with one attached hydrogen (secondary N) is 1. The quantitative estimate of drug-likeness (QED) is 0.570. The predicted molar refractivity (Wildman–Crippen MR) is 39.9 cm³/mol. The Hall–Kier alpha value is -0.150. The Morgan fingerprint density at radius 3 is 3.10 bits per heavy atom. The first-order valence-electron chi connectivity index (χ1n) is 3.81. The van der Waals surface area contributed by atoms with Gasteiger partial charge in [0.25, 0.3) is 0 Å². The molecule has 60 valence electrons. The van der Waals surface area contributed by atoms with Crippen LogP contribution >= 0.6 is 0 Å². The van der Waals surface area contributed by atoms with Gasteiger partial charge in [0, 0.05) is 19.1 Å². The van der Waals surface area contributed by atoms with Crippen LogP contribution in [0.1, 0.15) is 6.42 Å². The van der Waals surface area contributed by atoms with Crippen LogP contribution in [-0.2, 0) is 0 Å². The van der Waals surface area contributed by atoms with Gasteiger partial charge in [-0.05, 0) is 20.0 Å². The van der Waals surface area contributed by atoms with E-state index in [1.165, 1.54) is 0 Å². The van der Waals surface area contributed by atoms with E-state index in [4.69, 9.17) is 0 Å². The van der Waals surface area contributed by atoms with Gasteiger partial charge in [0.05, 0.1) is 0 Å². The van der Waals surface area contributed by atoms with Gasteiger partial charge >= 0.3 is 0 Å². The highest BCUT2D eigenvalue weighted by atomic mass is 19.1. The third kappa shape index (κ3) is 2.23. The molecule has 0 saturated carbocycles. The molecule has 0 aromatic carbocycles. The summed E-state index contributed by atoms with van der Waals surface area (Å²) in [5.74, 6) is 0. The Balaban J connectivity index is 2.26. The Morgan fingerprint density at radius 1 is 1.60 bits per heavy atom. The molecular weight excluding hydrogens is 131 g/mol. The molecule has 0 aromatic heterocycles. The third-order valence-electron chi connectivity index (χ3n) is 1.97. The fraction of sp³-hybridized carbons (Fsp3) is 1.00. The van der Waals surface area contributed by atoms with Gasteiger partial charge < -0.3 is 10.2 Å². The minimum absolute atomic E-state index is 0.102. The maximum atomic E-state index is 12.1. The molecule has 0 aliphatic carbocycles. The zero-order valence-corrected chi connectivity index (χ0v) is 6.44. The van der Waals surface area contributed by atoms with Gasteiger partial charge in [-0.15, -0.1) is 0 Å². The molecule has 1 N–H and O–H groups in total. The summed E-state index contributed by atoms with van der Waals surface area (Å²) in [6, 6.07) is 0.102. The van der Waals surface area contributed by atoms with Crippen LogP contribution in [0.15, 0.2) is 0 Å². The zero-order chi connectivity index (χ0) is 7.40. The lowest BCUT2D eigenvalue weighted by Gasteiger charge is -2.11. The molecule has 1 aliphatic heterocycles. The first-order valence-corrected chi connectivity index (χ1v) is 3.81. The molecule has 1 rings (SSSR count). The van der Waals surface area contributed by atoms with Crippen LogP contribution in [0.2, 0.25) is 0 Å². The van der Waals surface area contributed by atoms with E-state index in [1.807, 2.05) is 0 Å². The van der Waals surface area contributed by atoms with Crippen molar-refractivity contribution in [1.82, 2.24) is 10.2 Å². The molecular formula is C7H15FN2. The van der Waals surface area contributed by atoms with Crippen molar-refractivity contribution in [3.8, 4) is 0 Å². The second-order valence-electron chi connectivity index (χ2n) is 2.90. The summed E-state index contributed by atoms with van der Waals surface area (Å²) in [4.78, 5) is 2.22. The van der Waals surface area contributed by atoms with Gasteiger partial charge in [0.15, 0.2) is 0 Å². The second kappa shape index (κ2) is 3.88. The molecule has 0 bridgehead atoms. The van der Waals surface area contributed by atoms with Gasteiger partial charge in [0.1, 0.15) is 6.67 Å². The van der Waals surface area contributed by atoms with Crippen molar-refractivity contribution in [1.29, 1.82) is 0 Å². The molecule has 10 heavy (non-hydrogen) atoms. The van der Waals surface area contributed by atoms with Crippen molar-refractivity contribution in [3.63, 3.8) is 0 Å². The lowest BCUT2D eigenvalue weighted by atomic mass is 10.2. The smallest absolute Gasteiger partial charge is 0.105 e. The first-order chi connectivity index (χ1) is 4.83. The highest BCUT2D eigenvalue weighted by Gasteiger charge is 2.12. The van der Waals surface area contributed by atoms with E-state index in [9.17, 15) is 4.39 Å². The number of rotatable bonds is 1. The number of hydrogen-bond acceptors (Lipinski definition) is 2. The number of nitrogens with zero attached hydrogens (tertiary/aromatic N) is 1. The summed E-state index contributed by atoms with van der Waals surface area (Å²) in [5, 5.41) is 3.14. The van der Waals surface area contributed by atoms with E-state index in [2.05, 4.69) is 17.3 Å². The molecule has 1 saturated heterocycles. The average Bonchev–Trinajstić information content (AvgIpc) is 2.14. The summed E-state index contributed by atoms with van der Waals surface area (Å²) < 4.78 is 12.1. The number of halogens is 1. The van der Waals surface area contributed by atoms with Gasteiger partial charge in [-0.2, -0.15) is 0 Å². The van der Waals surface area contributed by atoms with Crippen molar-refractivity contribution in [2.75, 3.05) is 33.4 Å². The fourth-order valence-electron chi connectivity index (χ4n) is 1.18. The third-order valence-corrected chi connectivity index (χ3v) is 1.97. The molecule has 3 heteroatoms. The van der Waals surface area contributed by atoms with Crippen LogP contribution in [0.3, 0.4) is 0 Å². The van der Waals surface area contributed by atoms with Crippen molar-refractivity contribution < 1.29 is 4.39 Å². The summed E-state index contributed by atoms with van der Waals surface area (Å²) in [6.07, 6.45) is 0.938. The molecule has 1 heterocycles. The summed E-state index contributed by atoms with van der Waals surface area (Å²) in [7, 11) is 2.07. The van der Waals surface area contributed by atoms with Crippen molar-refractivity contribution >= 4 is 0 Å². The Labute approximate surface area is 61.4 Å². The summed E-state index contributed by atoms with van der Waals surface area (Å²) in [6.45, 7) is 2.75. The van der Waals surface area contributed by atoms with Gasteiger partial charge in [-0.25, -0.2) is 4.39 Å². The maximum absolute atomic E-state index is 12.1. The van der Waals surface area contributed by atoms with E-state index in [1.54, 1.807) is 0 Å². The normalized spacial score (nSPS) is 30.0. The standard InChI is InChI=1S/C7H15FN2/c1-10-4-2-7(6-8)9-3-5-10/h7,9H,2-6H2,1H3. The maximum Gasteiger partial charge on any atom is 0.105 e. The molecule has 0 aromatic rings. The minimum atomic E-state index is -0.228.